The van der Waals surface area contributed by atoms with Crippen molar-refractivity contribution >= 4 is 11.6 Å². The van der Waals surface area contributed by atoms with E-state index in [0.717, 1.165) is 0 Å². The molecule has 1 N–H and O–H groups in total. The summed E-state index contributed by atoms with van der Waals surface area (Å²) in [6.45, 7) is 1.14. The molecule has 0 spiro atoms. The third kappa shape index (κ3) is 3.32. The standard InChI is InChI=1S/C19H17N3O4/c1-13(23)18-19(25)22(15-6-4-3-5-7-15)20-21(18)12-17(24)14-8-10-16(26-2)11-9-14/h3-11H,12H2,1-2H3/p+1. The first-order valence-electron chi connectivity index (χ1n) is 7.99. The maximum Gasteiger partial charge on any atom is 0.409 e. The van der Waals surface area contributed by atoms with E-state index in [1.807, 2.05) is 6.07 Å². The van der Waals surface area contributed by atoms with E-state index in [2.05, 4.69) is 5.21 Å². The highest BCUT2D eigenvalue weighted by atomic mass is 16.5. The van der Waals surface area contributed by atoms with E-state index < -0.39 is 11.3 Å². The van der Waals surface area contributed by atoms with E-state index in [4.69, 9.17) is 4.74 Å². The van der Waals surface area contributed by atoms with Crippen LogP contribution in [0.4, 0.5) is 0 Å². The fraction of sp³-hybridized carbons (Fsp3) is 0.158. The first-order valence-corrected chi connectivity index (χ1v) is 7.99. The lowest BCUT2D eigenvalue weighted by atomic mass is 10.1. The smallest absolute Gasteiger partial charge is 0.409 e. The molecule has 0 aliphatic carbocycles. The third-order valence-electron chi connectivity index (χ3n) is 3.96. The van der Waals surface area contributed by atoms with Crippen molar-refractivity contribution in [1.82, 2.24) is 9.90 Å². The fourth-order valence-corrected chi connectivity index (χ4v) is 2.66. The summed E-state index contributed by atoms with van der Waals surface area (Å²) < 4.78 is 7.60. The van der Waals surface area contributed by atoms with Gasteiger partial charge in [-0.2, -0.15) is 0 Å². The number of benzene rings is 2. The van der Waals surface area contributed by atoms with Gasteiger partial charge in [-0.05, 0) is 36.4 Å². The first kappa shape index (κ1) is 17.3. The quantitative estimate of drug-likeness (QED) is 0.539. The zero-order valence-electron chi connectivity index (χ0n) is 14.4. The summed E-state index contributed by atoms with van der Waals surface area (Å²) in [7, 11) is 1.54. The molecule has 1 heterocycles. The minimum Gasteiger partial charge on any atom is -0.497 e. The Morgan fingerprint density at radius 3 is 2.31 bits per heavy atom. The normalized spacial score (nSPS) is 10.5. The van der Waals surface area contributed by atoms with E-state index in [9.17, 15) is 14.4 Å². The molecule has 3 rings (SSSR count). The van der Waals surface area contributed by atoms with Crippen molar-refractivity contribution in [3.63, 3.8) is 0 Å². The predicted molar refractivity (Wildman–Crippen MR) is 93.9 cm³/mol. The second-order valence-electron chi connectivity index (χ2n) is 5.72. The molecule has 0 amide bonds. The van der Waals surface area contributed by atoms with Crippen LogP contribution in [0.15, 0.2) is 59.4 Å². The fourth-order valence-electron chi connectivity index (χ4n) is 2.66. The Hall–Kier alpha value is -3.48. The summed E-state index contributed by atoms with van der Waals surface area (Å²) in [5.74, 6) is -0.00709. The van der Waals surface area contributed by atoms with Crippen LogP contribution in [-0.2, 0) is 6.54 Å². The summed E-state index contributed by atoms with van der Waals surface area (Å²) in [5.41, 5.74) is 0.471. The van der Waals surface area contributed by atoms with Crippen LogP contribution in [-0.4, -0.2) is 28.6 Å². The second-order valence-corrected chi connectivity index (χ2v) is 5.72. The average molecular weight is 352 g/mol. The van der Waals surface area contributed by atoms with Gasteiger partial charge in [-0.3, -0.25) is 9.59 Å². The maximum atomic E-state index is 12.6. The number of aromatic nitrogens is 3. The molecule has 1 aromatic heterocycles. The molecule has 0 fully saturated rings. The molecule has 2 aromatic carbocycles. The van der Waals surface area contributed by atoms with E-state index in [1.165, 1.54) is 16.3 Å². The van der Waals surface area contributed by atoms with Crippen LogP contribution in [0.5, 0.6) is 5.75 Å². The first-order chi connectivity index (χ1) is 12.5. The number of methoxy groups -OCH3 is 1. The Bertz CT molecular complexity index is 1000. The van der Waals surface area contributed by atoms with Crippen LogP contribution in [0.3, 0.4) is 0 Å². The molecule has 0 radical (unpaired) electrons. The lowest BCUT2D eigenvalue weighted by Gasteiger charge is -2.02. The summed E-state index contributed by atoms with van der Waals surface area (Å²) in [6, 6.07) is 15.5. The van der Waals surface area contributed by atoms with Gasteiger partial charge in [-0.15, -0.1) is 4.68 Å². The van der Waals surface area contributed by atoms with Crippen molar-refractivity contribution in [1.29, 1.82) is 0 Å². The molecule has 0 saturated heterocycles. The molecular weight excluding hydrogens is 334 g/mol. The lowest BCUT2D eigenvalue weighted by Crippen LogP contribution is -2.46. The molecule has 7 nitrogen and oxygen atoms in total. The molecule has 0 atom stereocenters. The number of hydrogen-bond donors (Lipinski definition) is 1. The number of carbonyl (C=O) groups is 2. The predicted octanol–water partition coefficient (Wildman–Crippen LogP) is 1.55. The minimum atomic E-state index is -0.494. The number of carbonyl (C=O) groups excluding carboxylic acids is 2. The maximum absolute atomic E-state index is 12.6. The Kier molecular flexibility index (Phi) is 4.79. The highest BCUT2D eigenvalue weighted by Crippen LogP contribution is 2.11. The second kappa shape index (κ2) is 7.18. The van der Waals surface area contributed by atoms with Crippen LogP contribution in [0.1, 0.15) is 27.8 Å². The van der Waals surface area contributed by atoms with Gasteiger partial charge < -0.3 is 4.74 Å². The zero-order chi connectivity index (χ0) is 18.7. The molecule has 26 heavy (non-hydrogen) atoms. The largest absolute Gasteiger partial charge is 0.497 e. The summed E-state index contributed by atoms with van der Waals surface area (Å²) >= 11 is 0. The lowest BCUT2D eigenvalue weighted by molar-refractivity contribution is -0.743. The summed E-state index contributed by atoms with van der Waals surface area (Å²) in [4.78, 5) is 37.1. The SMILES string of the molecule is COc1ccc(C(=O)C[n+]2[nH]n(-c3ccccc3)c(=O)c2C(C)=O)cc1. The number of H-pyrrole nitrogens is 1. The van der Waals surface area contributed by atoms with Crippen molar-refractivity contribution in [2.75, 3.05) is 7.11 Å². The van der Waals surface area contributed by atoms with Gasteiger partial charge in [0.05, 0.1) is 7.11 Å². The van der Waals surface area contributed by atoms with Crippen LogP contribution in [0.25, 0.3) is 5.69 Å². The van der Waals surface area contributed by atoms with E-state index in [-0.39, 0.29) is 18.0 Å². The topological polar surface area (TPSA) is 85.0 Å². The highest BCUT2D eigenvalue weighted by molar-refractivity contribution is 5.95. The zero-order valence-corrected chi connectivity index (χ0v) is 14.4. The molecule has 0 bridgehead atoms. The average Bonchev–Trinajstić information content (AvgIpc) is 2.98. The van der Waals surface area contributed by atoms with Gasteiger partial charge in [0.25, 0.3) is 5.69 Å². The van der Waals surface area contributed by atoms with E-state index >= 15 is 0 Å². The number of aromatic amines is 1. The number of nitrogens with one attached hydrogen (secondary N) is 1. The third-order valence-corrected chi connectivity index (χ3v) is 3.96. The number of nitrogens with zero attached hydrogens (tertiary/aromatic N) is 2. The molecule has 0 aliphatic rings. The Labute approximate surface area is 149 Å². The number of ketones is 2. The highest BCUT2D eigenvalue weighted by Gasteiger charge is 2.28. The van der Waals surface area contributed by atoms with Gasteiger partial charge in [-0.25, -0.2) is 4.79 Å². The van der Waals surface area contributed by atoms with E-state index in [0.29, 0.717) is 17.0 Å². The number of ether oxygens (including phenoxy) is 1. The van der Waals surface area contributed by atoms with Gasteiger partial charge in [0.15, 0.2) is 12.2 Å². The van der Waals surface area contributed by atoms with Gasteiger partial charge in [-0.1, -0.05) is 28.1 Å². The molecular formula is C19H18N3O4+. The number of para-hydroxylation sites is 1. The molecule has 0 unspecified atom stereocenters. The summed E-state index contributed by atoms with van der Waals surface area (Å²) in [5, 5.41) is 2.83. The van der Waals surface area contributed by atoms with Crippen molar-refractivity contribution in [3.8, 4) is 11.4 Å². The van der Waals surface area contributed by atoms with Crippen molar-refractivity contribution < 1.29 is 19.0 Å². The van der Waals surface area contributed by atoms with Crippen molar-refractivity contribution in [2.24, 2.45) is 0 Å². The van der Waals surface area contributed by atoms with Crippen molar-refractivity contribution in [2.45, 2.75) is 13.5 Å². The van der Waals surface area contributed by atoms with Crippen LogP contribution in [0, 0.1) is 0 Å². The number of hydrogen-bond acceptors (Lipinski definition) is 4. The molecule has 7 heteroatoms. The van der Waals surface area contributed by atoms with Crippen LogP contribution in [0.2, 0.25) is 0 Å². The van der Waals surface area contributed by atoms with Gasteiger partial charge in [0.1, 0.15) is 5.75 Å². The van der Waals surface area contributed by atoms with Gasteiger partial charge in [0.2, 0.25) is 11.6 Å². The minimum absolute atomic E-state index is 0.0734. The molecule has 132 valence electrons. The molecule has 0 saturated carbocycles. The molecule has 3 aromatic rings. The molecule has 0 aliphatic heterocycles. The van der Waals surface area contributed by atoms with Crippen LogP contribution < -0.4 is 15.0 Å². The number of rotatable bonds is 6. The van der Waals surface area contributed by atoms with Crippen LogP contribution >= 0.6 is 0 Å². The Balaban J connectivity index is 1.97. The number of Topliss-reactive ketones (excluding diaryl/α,β-unsaturated/α-hetero) is 2. The summed E-state index contributed by atoms with van der Waals surface area (Å²) in [6.07, 6.45) is 0. The van der Waals surface area contributed by atoms with Gasteiger partial charge in [0, 0.05) is 12.5 Å². The Morgan fingerprint density at radius 1 is 1.08 bits per heavy atom. The monoisotopic (exact) mass is 352 g/mol. The van der Waals surface area contributed by atoms with Crippen molar-refractivity contribution in [3.05, 3.63) is 76.2 Å². The Morgan fingerprint density at radius 2 is 1.73 bits per heavy atom. The van der Waals surface area contributed by atoms with E-state index in [1.54, 1.807) is 55.6 Å². The van der Waals surface area contributed by atoms with Gasteiger partial charge >= 0.3 is 5.56 Å².